The van der Waals surface area contributed by atoms with Gasteiger partial charge in [0.2, 0.25) is 0 Å². The summed E-state index contributed by atoms with van der Waals surface area (Å²) < 4.78 is 0. The molecule has 12 rings (SSSR count). The molecule has 0 aromatic heterocycles. The first-order valence-corrected chi connectivity index (χ1v) is 24.1. The van der Waals surface area contributed by atoms with Gasteiger partial charge >= 0.3 is 0 Å². The topological polar surface area (TPSA) is 13.0 Å². The fourth-order valence-electron chi connectivity index (χ4n) is 10.2. The molecule has 0 amide bonds. The van der Waals surface area contributed by atoms with Gasteiger partial charge in [0.15, 0.2) is 0 Å². The van der Waals surface area contributed by atoms with Crippen LogP contribution in [-0.2, 0) is 0 Å². The molecule has 0 radical (unpaired) electrons. The Morgan fingerprint density at radius 1 is 0.286 bits per heavy atom. The van der Waals surface area contributed by atoms with E-state index in [1.165, 1.54) is 32.8 Å². The zero-order chi connectivity index (χ0) is 46.6. The number of rotatable bonds is 12. The van der Waals surface area contributed by atoms with Crippen LogP contribution in [-0.4, -0.2) is 0 Å². The van der Waals surface area contributed by atoms with Crippen LogP contribution in [0, 0.1) is 5.92 Å². The minimum atomic E-state index is 0.355. The van der Waals surface area contributed by atoms with Crippen LogP contribution >= 0.6 is 0 Å². The fourth-order valence-corrected chi connectivity index (χ4v) is 10.2. The number of fused-ring (bicyclic) bond motifs is 3. The molecule has 0 N–H and O–H groups in total. The van der Waals surface area contributed by atoms with Crippen LogP contribution in [0.2, 0.25) is 0 Å². The zero-order valence-electron chi connectivity index (χ0n) is 38.7. The van der Waals surface area contributed by atoms with Gasteiger partial charge in [-0.1, -0.05) is 158 Å². The maximum absolute atomic E-state index is 2.40. The first-order valence-electron chi connectivity index (χ1n) is 24.1. The molecule has 2 aliphatic carbocycles. The summed E-state index contributed by atoms with van der Waals surface area (Å²) in [5.41, 5.74) is 14.5. The van der Waals surface area contributed by atoms with E-state index in [4.69, 9.17) is 0 Å². The molecule has 70 heavy (non-hydrogen) atoms. The lowest BCUT2D eigenvalue weighted by molar-refractivity contribution is 0.763. The first kappa shape index (κ1) is 42.2. The molecule has 0 saturated heterocycles. The molecule has 0 heterocycles. The lowest BCUT2D eigenvalue weighted by Crippen LogP contribution is -2.21. The van der Waals surface area contributed by atoms with Crippen molar-refractivity contribution in [2.75, 3.05) is 19.6 Å². The Hall–Kier alpha value is -9.12. The third-order valence-electron chi connectivity index (χ3n) is 13.5. The SMILES string of the molecule is C1=CC2=C(N(c3ccccc3)c3ccc(N(c4ccc(N(c5ccccc5)c5cccc6ccccc56)cc4)c4ccc(N(c5ccccc5)c5cccc6ccccc56)cc4)cc3)C=CCC2C=C1. The van der Waals surface area contributed by atoms with E-state index in [9.17, 15) is 0 Å². The van der Waals surface area contributed by atoms with E-state index in [0.29, 0.717) is 5.92 Å². The standard InChI is InChI=1S/C66H50N4/c1-4-25-52(26-5-1)68(64-34-16-22-49-19-10-13-31-61(49)64)58-43-37-55(38-44-58)67(56-39-45-59(46-40-56)69(53-27-6-2-7-28-53)65-35-17-23-50-20-11-14-32-62(50)65)57-41-47-60(48-42-57)70(54-29-8-3-9-30-54)66-36-18-24-51-21-12-15-33-63(51)66/h1-23,25-48,51H,24H2. The molecule has 1 atom stereocenters. The molecule has 2 aliphatic rings. The van der Waals surface area contributed by atoms with Crippen molar-refractivity contribution >= 4 is 84.1 Å². The average molecular weight is 899 g/mol. The van der Waals surface area contributed by atoms with Crippen LogP contribution in [0.15, 0.2) is 296 Å². The van der Waals surface area contributed by atoms with Gasteiger partial charge in [-0.15, -0.1) is 0 Å². The van der Waals surface area contributed by atoms with Crippen molar-refractivity contribution in [2.24, 2.45) is 5.92 Å². The third kappa shape index (κ3) is 8.12. The predicted molar refractivity (Wildman–Crippen MR) is 297 cm³/mol. The van der Waals surface area contributed by atoms with Gasteiger partial charge in [-0.2, -0.15) is 0 Å². The molecule has 0 aliphatic heterocycles. The zero-order valence-corrected chi connectivity index (χ0v) is 38.7. The largest absolute Gasteiger partial charge is 0.310 e. The lowest BCUT2D eigenvalue weighted by Gasteiger charge is -2.33. The number of allylic oxidation sites excluding steroid dienone is 7. The van der Waals surface area contributed by atoms with Gasteiger partial charge in [-0.25, -0.2) is 0 Å². The minimum absolute atomic E-state index is 0.355. The van der Waals surface area contributed by atoms with E-state index in [0.717, 1.165) is 69.0 Å². The Balaban J connectivity index is 0.978. The van der Waals surface area contributed by atoms with Crippen molar-refractivity contribution in [3.05, 3.63) is 296 Å². The number of anilines is 11. The quantitative estimate of drug-likeness (QED) is 0.121. The van der Waals surface area contributed by atoms with Crippen LogP contribution < -0.4 is 19.6 Å². The molecule has 0 bridgehead atoms. The summed E-state index contributed by atoms with van der Waals surface area (Å²) >= 11 is 0. The maximum atomic E-state index is 2.40. The highest BCUT2D eigenvalue weighted by molar-refractivity contribution is 6.00. The fraction of sp³-hybridized carbons (Fsp3) is 0.0303. The Bertz CT molecular complexity index is 3380. The summed E-state index contributed by atoms with van der Waals surface area (Å²) in [5.74, 6) is 0.355. The highest BCUT2D eigenvalue weighted by Gasteiger charge is 2.25. The molecule has 0 fully saturated rings. The first-order chi connectivity index (χ1) is 34.7. The van der Waals surface area contributed by atoms with Gasteiger partial charge in [0.25, 0.3) is 0 Å². The minimum Gasteiger partial charge on any atom is -0.310 e. The highest BCUT2D eigenvalue weighted by atomic mass is 15.2. The van der Waals surface area contributed by atoms with Crippen molar-refractivity contribution in [1.29, 1.82) is 0 Å². The van der Waals surface area contributed by atoms with Crippen molar-refractivity contribution in [1.82, 2.24) is 0 Å². The van der Waals surface area contributed by atoms with E-state index in [1.807, 2.05) is 0 Å². The van der Waals surface area contributed by atoms with E-state index >= 15 is 0 Å². The van der Waals surface area contributed by atoms with E-state index < -0.39 is 0 Å². The summed E-state index contributed by atoms with van der Waals surface area (Å²) in [6.07, 6.45) is 14.5. The molecule has 1 unspecified atom stereocenters. The monoisotopic (exact) mass is 898 g/mol. The van der Waals surface area contributed by atoms with Gasteiger partial charge < -0.3 is 19.6 Å². The van der Waals surface area contributed by atoms with Crippen LogP contribution in [0.25, 0.3) is 21.5 Å². The molecule has 334 valence electrons. The summed E-state index contributed by atoms with van der Waals surface area (Å²) in [6.45, 7) is 0. The number of hydrogen-bond donors (Lipinski definition) is 0. The smallest absolute Gasteiger partial charge is 0.0540 e. The normalized spacial score (nSPS) is 13.9. The average Bonchev–Trinajstić information content (AvgIpc) is 3.43. The van der Waals surface area contributed by atoms with Gasteiger partial charge in [0, 0.05) is 73.6 Å². The summed E-state index contributed by atoms with van der Waals surface area (Å²) in [6, 6.07) is 89.5. The second kappa shape index (κ2) is 18.9. The van der Waals surface area contributed by atoms with Crippen molar-refractivity contribution in [3.8, 4) is 0 Å². The second-order valence-electron chi connectivity index (χ2n) is 17.7. The predicted octanol–water partition coefficient (Wildman–Crippen LogP) is 18.5. The summed E-state index contributed by atoms with van der Waals surface area (Å²) in [7, 11) is 0. The van der Waals surface area contributed by atoms with Crippen molar-refractivity contribution < 1.29 is 0 Å². The van der Waals surface area contributed by atoms with Crippen LogP contribution in [0.1, 0.15) is 6.42 Å². The molecule has 4 heteroatoms. The number of nitrogens with zero attached hydrogens (tertiary/aromatic N) is 4. The van der Waals surface area contributed by atoms with Crippen LogP contribution in [0.3, 0.4) is 0 Å². The Morgan fingerprint density at radius 3 is 1.10 bits per heavy atom. The van der Waals surface area contributed by atoms with Crippen LogP contribution in [0.5, 0.6) is 0 Å². The van der Waals surface area contributed by atoms with Gasteiger partial charge in [-0.05, 0) is 150 Å². The highest BCUT2D eigenvalue weighted by Crippen LogP contribution is 2.45. The number of para-hydroxylation sites is 3. The van der Waals surface area contributed by atoms with Crippen LogP contribution in [0.4, 0.5) is 62.6 Å². The number of benzene rings is 10. The lowest BCUT2D eigenvalue weighted by atomic mass is 9.86. The Kier molecular flexibility index (Phi) is 11.4. The molecular weight excluding hydrogens is 849 g/mol. The van der Waals surface area contributed by atoms with Crippen molar-refractivity contribution in [2.45, 2.75) is 6.42 Å². The summed E-state index contributed by atoms with van der Waals surface area (Å²) in [4.78, 5) is 9.49. The van der Waals surface area contributed by atoms with Gasteiger partial charge in [0.05, 0.1) is 11.4 Å². The molecule has 4 nitrogen and oxygen atoms in total. The Morgan fingerprint density at radius 2 is 0.643 bits per heavy atom. The van der Waals surface area contributed by atoms with E-state index in [-0.39, 0.29) is 0 Å². The van der Waals surface area contributed by atoms with Gasteiger partial charge in [-0.3, -0.25) is 0 Å². The number of hydrogen-bond acceptors (Lipinski definition) is 4. The molecular formula is C66H50N4. The molecule has 10 aromatic carbocycles. The van der Waals surface area contributed by atoms with E-state index in [2.05, 4.69) is 305 Å². The van der Waals surface area contributed by atoms with E-state index in [1.54, 1.807) is 0 Å². The Labute approximate surface area is 410 Å². The third-order valence-corrected chi connectivity index (χ3v) is 13.5. The van der Waals surface area contributed by atoms with Gasteiger partial charge in [0.1, 0.15) is 0 Å². The molecule has 0 saturated carbocycles. The summed E-state index contributed by atoms with van der Waals surface area (Å²) in [5, 5.41) is 4.81. The molecule has 10 aromatic rings. The molecule has 0 spiro atoms. The van der Waals surface area contributed by atoms with Crippen molar-refractivity contribution in [3.63, 3.8) is 0 Å². The second-order valence-corrected chi connectivity index (χ2v) is 17.7. The maximum Gasteiger partial charge on any atom is 0.0540 e.